The Bertz CT molecular complexity index is 153. The fraction of sp³-hybridized carbons (Fsp3) is 0.400. The molecule has 0 aliphatic heterocycles. The predicted octanol–water partition coefficient (Wildman–Crippen LogP) is 3.33. The third-order valence-electron chi connectivity index (χ3n) is 1.40. The first-order valence-electron chi connectivity index (χ1n) is 3.47. The van der Waals surface area contributed by atoms with Gasteiger partial charge in [-0.1, -0.05) is 52.2 Å². The third kappa shape index (κ3) is 3.29. The van der Waals surface area contributed by atoms with Gasteiger partial charge in [0.25, 0.3) is 0 Å². The number of rotatable bonds is 2. The first-order chi connectivity index (χ1) is 4.48. The van der Waals surface area contributed by atoms with Gasteiger partial charge in [-0.2, -0.15) is 0 Å². The van der Waals surface area contributed by atoms with Crippen molar-refractivity contribution in [1.29, 1.82) is 0 Å². The highest BCUT2D eigenvalue weighted by atomic mass is 14.2. The largest absolute Gasteiger partial charge is 0.0991 e. The first-order valence-corrected chi connectivity index (χ1v) is 3.47. The summed E-state index contributed by atoms with van der Waals surface area (Å²) in [5, 5.41) is 0. The molecule has 0 aromatic rings. The molecule has 0 heteroatoms. The van der Waals surface area contributed by atoms with Crippen LogP contribution in [-0.4, -0.2) is 0 Å². The normalized spacial score (nSPS) is 11.9. The van der Waals surface area contributed by atoms with Gasteiger partial charge < -0.3 is 0 Å². The van der Waals surface area contributed by atoms with Gasteiger partial charge in [-0.05, 0) is 11.0 Å². The van der Waals surface area contributed by atoms with Gasteiger partial charge in [-0.25, -0.2) is 0 Å². The Morgan fingerprint density at radius 3 is 2.10 bits per heavy atom. The maximum absolute atomic E-state index is 3.93. The summed E-state index contributed by atoms with van der Waals surface area (Å²) in [7, 11) is 0. The van der Waals surface area contributed by atoms with Gasteiger partial charge in [0.2, 0.25) is 0 Å². The standard InChI is InChI=1S/C10H16/c1-6-7-8-9(2)10(3,4)5/h6-8H,1-2H2,3-5H3/b8-7+. The van der Waals surface area contributed by atoms with Gasteiger partial charge >= 0.3 is 0 Å². The second kappa shape index (κ2) is 3.40. The van der Waals surface area contributed by atoms with E-state index in [1.165, 1.54) is 0 Å². The van der Waals surface area contributed by atoms with Crippen LogP contribution in [0.2, 0.25) is 0 Å². The van der Waals surface area contributed by atoms with Crippen LogP contribution in [0.4, 0.5) is 0 Å². The minimum atomic E-state index is 0.180. The molecule has 0 amide bonds. The molecule has 0 spiro atoms. The van der Waals surface area contributed by atoms with Crippen molar-refractivity contribution in [2.75, 3.05) is 0 Å². The van der Waals surface area contributed by atoms with Crippen molar-refractivity contribution in [3.05, 3.63) is 37.0 Å². The van der Waals surface area contributed by atoms with Gasteiger partial charge in [0.05, 0.1) is 0 Å². The Hall–Kier alpha value is -0.780. The molecule has 0 aromatic heterocycles. The van der Waals surface area contributed by atoms with Gasteiger partial charge in [-0.3, -0.25) is 0 Å². The van der Waals surface area contributed by atoms with Crippen molar-refractivity contribution in [2.45, 2.75) is 20.8 Å². The van der Waals surface area contributed by atoms with Crippen LogP contribution in [0.25, 0.3) is 0 Å². The fourth-order valence-corrected chi connectivity index (χ4v) is 0.434. The lowest BCUT2D eigenvalue weighted by Crippen LogP contribution is -2.05. The zero-order chi connectivity index (χ0) is 8.20. The van der Waals surface area contributed by atoms with E-state index in [1.54, 1.807) is 6.08 Å². The van der Waals surface area contributed by atoms with E-state index in [0.29, 0.717) is 0 Å². The van der Waals surface area contributed by atoms with Crippen LogP contribution in [0, 0.1) is 5.41 Å². The minimum absolute atomic E-state index is 0.180. The van der Waals surface area contributed by atoms with E-state index in [-0.39, 0.29) is 5.41 Å². The molecular formula is C10H16. The number of hydrogen-bond donors (Lipinski definition) is 0. The molecule has 0 radical (unpaired) electrons. The monoisotopic (exact) mass is 136 g/mol. The Balaban J connectivity index is 4.11. The Labute approximate surface area is 64.0 Å². The molecule has 0 N–H and O–H groups in total. The maximum atomic E-state index is 3.93. The summed E-state index contributed by atoms with van der Waals surface area (Å²) < 4.78 is 0. The summed E-state index contributed by atoms with van der Waals surface area (Å²) >= 11 is 0. The second-order valence-corrected chi connectivity index (χ2v) is 3.37. The van der Waals surface area contributed by atoms with Crippen LogP contribution in [0.1, 0.15) is 20.8 Å². The van der Waals surface area contributed by atoms with Crippen LogP contribution in [0.3, 0.4) is 0 Å². The van der Waals surface area contributed by atoms with E-state index in [0.717, 1.165) is 5.57 Å². The quantitative estimate of drug-likeness (QED) is 0.511. The average molecular weight is 136 g/mol. The minimum Gasteiger partial charge on any atom is -0.0991 e. The van der Waals surface area contributed by atoms with Crippen molar-refractivity contribution in [3.8, 4) is 0 Å². The third-order valence-corrected chi connectivity index (χ3v) is 1.40. The molecule has 0 aromatic carbocycles. The average Bonchev–Trinajstić information content (AvgIpc) is 1.80. The zero-order valence-corrected chi connectivity index (χ0v) is 7.15. The zero-order valence-electron chi connectivity index (χ0n) is 7.15. The van der Waals surface area contributed by atoms with Crippen LogP contribution in [0.5, 0.6) is 0 Å². The molecule has 0 aliphatic rings. The maximum Gasteiger partial charge on any atom is -0.0138 e. The van der Waals surface area contributed by atoms with Gasteiger partial charge in [0, 0.05) is 0 Å². The summed E-state index contributed by atoms with van der Waals surface area (Å²) in [6.07, 6.45) is 5.66. The smallest absolute Gasteiger partial charge is 0.0138 e. The van der Waals surface area contributed by atoms with E-state index in [4.69, 9.17) is 0 Å². The lowest BCUT2D eigenvalue weighted by atomic mass is 9.87. The Morgan fingerprint density at radius 1 is 1.30 bits per heavy atom. The topological polar surface area (TPSA) is 0 Å². The van der Waals surface area contributed by atoms with Crippen molar-refractivity contribution < 1.29 is 0 Å². The van der Waals surface area contributed by atoms with Crippen LogP contribution in [0.15, 0.2) is 37.0 Å². The molecule has 0 heterocycles. The van der Waals surface area contributed by atoms with Crippen LogP contribution >= 0.6 is 0 Å². The molecule has 0 fully saturated rings. The highest BCUT2D eigenvalue weighted by Crippen LogP contribution is 2.23. The summed E-state index contributed by atoms with van der Waals surface area (Å²) in [4.78, 5) is 0. The van der Waals surface area contributed by atoms with Crippen molar-refractivity contribution in [3.63, 3.8) is 0 Å². The fourth-order valence-electron chi connectivity index (χ4n) is 0.434. The molecule has 0 bridgehead atoms. The molecule has 0 saturated carbocycles. The SMILES string of the molecule is C=C/C=C/C(=C)C(C)(C)C. The Morgan fingerprint density at radius 2 is 1.80 bits per heavy atom. The van der Waals surface area contributed by atoms with E-state index >= 15 is 0 Å². The summed E-state index contributed by atoms with van der Waals surface area (Å²) in [6, 6.07) is 0. The molecule has 56 valence electrons. The molecular weight excluding hydrogens is 120 g/mol. The molecule has 0 aliphatic carbocycles. The predicted molar refractivity (Wildman–Crippen MR) is 47.9 cm³/mol. The van der Waals surface area contributed by atoms with Gasteiger partial charge in [-0.15, -0.1) is 0 Å². The van der Waals surface area contributed by atoms with Crippen molar-refractivity contribution in [2.24, 2.45) is 5.41 Å². The van der Waals surface area contributed by atoms with Crippen molar-refractivity contribution in [1.82, 2.24) is 0 Å². The van der Waals surface area contributed by atoms with E-state index in [2.05, 4.69) is 33.9 Å². The molecule has 0 saturated heterocycles. The highest BCUT2D eigenvalue weighted by molar-refractivity contribution is 5.23. The Kier molecular flexibility index (Phi) is 3.14. The second-order valence-electron chi connectivity index (χ2n) is 3.37. The van der Waals surface area contributed by atoms with Crippen molar-refractivity contribution >= 4 is 0 Å². The molecule has 10 heavy (non-hydrogen) atoms. The summed E-state index contributed by atoms with van der Waals surface area (Å²) in [6.45, 7) is 13.9. The number of hydrogen-bond acceptors (Lipinski definition) is 0. The molecule has 0 rings (SSSR count). The summed E-state index contributed by atoms with van der Waals surface area (Å²) in [5.41, 5.74) is 1.31. The molecule has 0 unspecified atom stereocenters. The van der Waals surface area contributed by atoms with Gasteiger partial charge in [0.1, 0.15) is 0 Å². The van der Waals surface area contributed by atoms with E-state index < -0.39 is 0 Å². The number of allylic oxidation sites excluding steroid dienone is 4. The van der Waals surface area contributed by atoms with E-state index in [1.807, 2.05) is 12.2 Å². The van der Waals surface area contributed by atoms with E-state index in [9.17, 15) is 0 Å². The lowest BCUT2D eigenvalue weighted by Gasteiger charge is -2.18. The molecule has 0 nitrogen and oxygen atoms in total. The van der Waals surface area contributed by atoms with Crippen LogP contribution in [-0.2, 0) is 0 Å². The molecule has 0 atom stereocenters. The summed E-state index contributed by atoms with van der Waals surface area (Å²) in [5.74, 6) is 0. The highest BCUT2D eigenvalue weighted by Gasteiger charge is 2.10. The van der Waals surface area contributed by atoms with Crippen LogP contribution < -0.4 is 0 Å². The lowest BCUT2D eigenvalue weighted by molar-refractivity contribution is 0.519. The first kappa shape index (κ1) is 9.22. The van der Waals surface area contributed by atoms with Gasteiger partial charge in [0.15, 0.2) is 0 Å².